The van der Waals surface area contributed by atoms with Crippen molar-refractivity contribution in [3.63, 3.8) is 0 Å². The second kappa shape index (κ2) is 6.15. The molecule has 0 aromatic heterocycles. The summed E-state index contributed by atoms with van der Waals surface area (Å²) in [6.07, 6.45) is 5.95. The number of rotatable bonds is 7. The molecule has 0 fully saturated rings. The summed E-state index contributed by atoms with van der Waals surface area (Å²) in [5.41, 5.74) is 5.98. The summed E-state index contributed by atoms with van der Waals surface area (Å²) < 4.78 is 0.210. The first-order valence-electron chi connectivity index (χ1n) is 6.17. The van der Waals surface area contributed by atoms with Crippen LogP contribution in [0.1, 0.15) is 66.7 Å². The van der Waals surface area contributed by atoms with Crippen molar-refractivity contribution in [3.8, 4) is 0 Å². The Kier molecular flexibility index (Phi) is 6.27. The smallest absolute Gasteiger partial charge is 0.0101 e. The van der Waals surface area contributed by atoms with E-state index < -0.39 is 0 Å². The second-order valence-corrected chi connectivity index (χ2v) is 7.16. The predicted octanol–water partition coefficient (Wildman–Crippen LogP) is 4.02. The van der Waals surface area contributed by atoms with E-state index in [-0.39, 0.29) is 10.3 Å². The van der Waals surface area contributed by atoms with E-state index in [1.165, 1.54) is 25.7 Å². The monoisotopic (exact) mass is 231 g/mol. The largest absolute Gasteiger partial charge is 0.326 e. The van der Waals surface area contributed by atoms with Crippen LogP contribution in [-0.4, -0.2) is 10.3 Å². The Balaban J connectivity index is 3.84. The fourth-order valence-corrected chi connectivity index (χ4v) is 2.57. The summed E-state index contributed by atoms with van der Waals surface area (Å²) in [5, 5.41) is 0. The molecule has 0 aliphatic carbocycles. The predicted molar refractivity (Wildman–Crippen MR) is 73.6 cm³/mol. The van der Waals surface area contributed by atoms with Gasteiger partial charge in [-0.15, -0.1) is 0 Å². The van der Waals surface area contributed by atoms with E-state index in [0.717, 1.165) is 6.42 Å². The van der Waals surface area contributed by atoms with Crippen LogP contribution in [0.15, 0.2) is 0 Å². The summed E-state index contributed by atoms with van der Waals surface area (Å²) in [6.45, 7) is 11.0. The molecule has 0 bridgehead atoms. The van der Waals surface area contributed by atoms with Crippen LogP contribution < -0.4 is 5.73 Å². The van der Waals surface area contributed by atoms with Gasteiger partial charge in [-0.3, -0.25) is 0 Å². The fourth-order valence-electron chi connectivity index (χ4n) is 2.22. The van der Waals surface area contributed by atoms with Gasteiger partial charge in [-0.2, -0.15) is 12.6 Å². The minimum Gasteiger partial charge on any atom is -0.326 e. The van der Waals surface area contributed by atoms with Gasteiger partial charge in [0.15, 0.2) is 0 Å². The molecule has 2 atom stereocenters. The molecule has 0 aliphatic heterocycles. The number of hydrogen-bond acceptors (Lipinski definition) is 2. The van der Waals surface area contributed by atoms with Crippen molar-refractivity contribution in [2.24, 2.45) is 11.7 Å². The van der Waals surface area contributed by atoms with Gasteiger partial charge in [-0.05, 0) is 45.4 Å². The van der Waals surface area contributed by atoms with Gasteiger partial charge in [0.1, 0.15) is 0 Å². The molecule has 0 saturated heterocycles. The van der Waals surface area contributed by atoms with Gasteiger partial charge >= 0.3 is 0 Å². The molecule has 0 heterocycles. The van der Waals surface area contributed by atoms with Gasteiger partial charge in [0, 0.05) is 10.3 Å². The summed E-state index contributed by atoms with van der Waals surface area (Å²) in [7, 11) is 0. The van der Waals surface area contributed by atoms with Crippen LogP contribution in [0.4, 0.5) is 0 Å². The van der Waals surface area contributed by atoms with Crippen LogP contribution in [0.5, 0.6) is 0 Å². The Morgan fingerprint density at radius 2 is 1.73 bits per heavy atom. The van der Waals surface area contributed by atoms with Crippen molar-refractivity contribution in [2.45, 2.75) is 77.0 Å². The molecule has 15 heavy (non-hydrogen) atoms. The quantitative estimate of drug-likeness (QED) is 0.636. The van der Waals surface area contributed by atoms with Crippen molar-refractivity contribution in [2.75, 3.05) is 0 Å². The first-order chi connectivity index (χ1) is 6.66. The number of nitrogens with two attached hydrogens (primary N) is 1. The minimum absolute atomic E-state index is 0.0306. The maximum atomic E-state index is 6.02. The normalized spacial score (nSPS) is 18.6. The molecule has 0 aliphatic rings. The van der Waals surface area contributed by atoms with Gasteiger partial charge in [0.05, 0.1) is 0 Å². The molecular formula is C13H29NS. The average molecular weight is 231 g/mol. The molecule has 2 unspecified atom stereocenters. The van der Waals surface area contributed by atoms with E-state index in [1.807, 2.05) is 0 Å². The van der Waals surface area contributed by atoms with E-state index in [1.54, 1.807) is 0 Å². The lowest BCUT2D eigenvalue weighted by Gasteiger charge is -2.27. The van der Waals surface area contributed by atoms with Crippen LogP contribution in [-0.2, 0) is 0 Å². The Bertz CT molecular complexity index is 170. The molecular weight excluding hydrogens is 202 g/mol. The molecule has 0 saturated carbocycles. The summed E-state index contributed by atoms with van der Waals surface area (Å²) in [4.78, 5) is 0. The van der Waals surface area contributed by atoms with E-state index in [9.17, 15) is 0 Å². The lowest BCUT2D eigenvalue weighted by atomic mass is 9.87. The van der Waals surface area contributed by atoms with Crippen LogP contribution in [0.3, 0.4) is 0 Å². The van der Waals surface area contributed by atoms with Gasteiger partial charge in [0.2, 0.25) is 0 Å². The van der Waals surface area contributed by atoms with Crippen molar-refractivity contribution in [1.82, 2.24) is 0 Å². The molecule has 0 radical (unpaired) electrons. The minimum atomic E-state index is -0.0306. The van der Waals surface area contributed by atoms with E-state index in [0.29, 0.717) is 5.92 Å². The zero-order chi connectivity index (χ0) is 12.1. The molecule has 0 amide bonds. The van der Waals surface area contributed by atoms with Crippen LogP contribution >= 0.6 is 12.6 Å². The highest BCUT2D eigenvalue weighted by Crippen LogP contribution is 2.29. The first-order valence-corrected chi connectivity index (χ1v) is 6.62. The Hall–Kier alpha value is 0.310. The fraction of sp³-hybridized carbons (Fsp3) is 1.00. The maximum absolute atomic E-state index is 6.02. The molecule has 0 spiro atoms. The second-order valence-electron chi connectivity index (χ2n) is 6.08. The summed E-state index contributed by atoms with van der Waals surface area (Å²) in [6, 6.07) is 0. The standard InChI is InChI=1S/C13H29NS/c1-6-8-13(5,15)9-7-11(2)10-12(3,4)14/h11,15H,6-10,14H2,1-5H3. The lowest BCUT2D eigenvalue weighted by molar-refractivity contribution is 0.343. The first kappa shape index (κ1) is 15.3. The Morgan fingerprint density at radius 1 is 1.20 bits per heavy atom. The topological polar surface area (TPSA) is 26.0 Å². The van der Waals surface area contributed by atoms with E-state index in [2.05, 4.69) is 34.6 Å². The van der Waals surface area contributed by atoms with Gasteiger partial charge in [0.25, 0.3) is 0 Å². The highest BCUT2D eigenvalue weighted by molar-refractivity contribution is 7.81. The number of thiol groups is 1. The zero-order valence-electron chi connectivity index (χ0n) is 11.1. The molecule has 0 rings (SSSR count). The van der Waals surface area contributed by atoms with Crippen molar-refractivity contribution in [1.29, 1.82) is 0 Å². The third kappa shape index (κ3) is 9.25. The third-order valence-corrected chi connectivity index (χ3v) is 3.29. The van der Waals surface area contributed by atoms with Crippen molar-refractivity contribution < 1.29 is 0 Å². The maximum Gasteiger partial charge on any atom is 0.0101 e. The Morgan fingerprint density at radius 3 is 2.13 bits per heavy atom. The Labute approximate surface area is 102 Å². The molecule has 92 valence electrons. The molecule has 2 heteroatoms. The van der Waals surface area contributed by atoms with Crippen LogP contribution in [0.2, 0.25) is 0 Å². The van der Waals surface area contributed by atoms with Gasteiger partial charge in [-0.1, -0.05) is 27.2 Å². The summed E-state index contributed by atoms with van der Waals surface area (Å²) >= 11 is 4.72. The van der Waals surface area contributed by atoms with Gasteiger partial charge in [-0.25, -0.2) is 0 Å². The molecule has 0 aromatic carbocycles. The third-order valence-electron chi connectivity index (χ3n) is 2.84. The van der Waals surface area contributed by atoms with Crippen LogP contribution in [0.25, 0.3) is 0 Å². The lowest BCUT2D eigenvalue weighted by Crippen LogP contribution is -2.34. The highest BCUT2D eigenvalue weighted by Gasteiger charge is 2.21. The SMILES string of the molecule is CCCC(C)(S)CCC(C)CC(C)(C)N. The van der Waals surface area contributed by atoms with Crippen molar-refractivity contribution >= 4 is 12.6 Å². The van der Waals surface area contributed by atoms with Crippen LogP contribution in [0, 0.1) is 5.92 Å². The van der Waals surface area contributed by atoms with E-state index >= 15 is 0 Å². The highest BCUT2D eigenvalue weighted by atomic mass is 32.1. The number of hydrogen-bond donors (Lipinski definition) is 2. The molecule has 0 aromatic rings. The molecule has 1 nitrogen and oxygen atoms in total. The zero-order valence-corrected chi connectivity index (χ0v) is 12.0. The average Bonchev–Trinajstić information content (AvgIpc) is 1.98. The molecule has 2 N–H and O–H groups in total. The summed E-state index contributed by atoms with van der Waals surface area (Å²) in [5.74, 6) is 0.702. The van der Waals surface area contributed by atoms with E-state index in [4.69, 9.17) is 18.4 Å². The van der Waals surface area contributed by atoms with Gasteiger partial charge < -0.3 is 5.73 Å². The van der Waals surface area contributed by atoms with Crippen molar-refractivity contribution in [3.05, 3.63) is 0 Å².